The molecule has 2 N–H and O–H groups in total. The van der Waals surface area contributed by atoms with Gasteiger partial charge < -0.3 is 10.3 Å². The number of nitrogens with two attached hydrogens (primary N) is 1. The van der Waals surface area contributed by atoms with E-state index in [-0.39, 0.29) is 0 Å². The predicted molar refractivity (Wildman–Crippen MR) is 82.7 cm³/mol. The van der Waals surface area contributed by atoms with Crippen LogP contribution in [0.15, 0.2) is 18.2 Å². The van der Waals surface area contributed by atoms with Gasteiger partial charge in [-0.1, -0.05) is 25.7 Å². The molecule has 1 aromatic heterocycles. The highest BCUT2D eigenvalue weighted by molar-refractivity contribution is 5.79. The van der Waals surface area contributed by atoms with Gasteiger partial charge in [-0.25, -0.2) is 4.98 Å². The quantitative estimate of drug-likeness (QED) is 0.850. The summed E-state index contributed by atoms with van der Waals surface area (Å²) in [6.45, 7) is 1.14. The second kappa shape index (κ2) is 4.80. The number of imidazole rings is 1. The monoisotopic (exact) mass is 269 g/mol. The van der Waals surface area contributed by atoms with Crippen molar-refractivity contribution in [2.75, 3.05) is 5.73 Å². The Morgan fingerprint density at radius 1 is 1.15 bits per heavy atom. The van der Waals surface area contributed by atoms with Crippen molar-refractivity contribution >= 4 is 16.7 Å². The molecule has 0 aliphatic heterocycles. The molecule has 0 bridgehead atoms. The van der Waals surface area contributed by atoms with Gasteiger partial charge in [-0.15, -0.1) is 0 Å². The molecule has 3 nitrogen and oxygen atoms in total. The fourth-order valence-electron chi connectivity index (χ4n) is 3.66. The summed E-state index contributed by atoms with van der Waals surface area (Å²) in [5.74, 6) is 2.95. The first-order valence-corrected chi connectivity index (χ1v) is 8.07. The number of aromatic nitrogens is 2. The molecule has 0 saturated heterocycles. The first-order valence-electron chi connectivity index (χ1n) is 8.07. The van der Waals surface area contributed by atoms with Crippen LogP contribution in [0.25, 0.3) is 11.0 Å². The van der Waals surface area contributed by atoms with Crippen LogP contribution in [-0.4, -0.2) is 9.55 Å². The number of fused-ring (bicyclic) bond motifs is 1. The van der Waals surface area contributed by atoms with Gasteiger partial charge in [0, 0.05) is 18.2 Å². The molecule has 2 saturated carbocycles. The third kappa shape index (κ3) is 2.19. The highest BCUT2D eigenvalue weighted by Crippen LogP contribution is 2.41. The van der Waals surface area contributed by atoms with Gasteiger partial charge in [-0.3, -0.25) is 0 Å². The van der Waals surface area contributed by atoms with E-state index in [1.54, 1.807) is 0 Å². The summed E-state index contributed by atoms with van der Waals surface area (Å²) in [4.78, 5) is 4.86. The zero-order valence-electron chi connectivity index (χ0n) is 12.0. The van der Waals surface area contributed by atoms with E-state index in [4.69, 9.17) is 10.7 Å². The number of aryl methyl sites for hydroxylation is 1. The Kier molecular flexibility index (Phi) is 2.94. The van der Waals surface area contributed by atoms with Crippen LogP contribution in [0.3, 0.4) is 0 Å². The smallest absolute Gasteiger partial charge is 0.112 e. The standard InChI is InChI=1S/C17H23N3/c18-14-7-8-16-15(11-14)19-17(13-5-6-13)20(16)10-9-12-3-1-2-4-12/h7-8,11-13H,1-6,9-10,18H2. The fourth-order valence-corrected chi connectivity index (χ4v) is 3.66. The molecule has 2 aliphatic rings. The van der Waals surface area contributed by atoms with Gasteiger partial charge in [0.1, 0.15) is 5.82 Å². The molecule has 1 aromatic carbocycles. The lowest BCUT2D eigenvalue weighted by atomic mass is 10.0. The van der Waals surface area contributed by atoms with Gasteiger partial charge in [0.15, 0.2) is 0 Å². The molecule has 0 atom stereocenters. The third-order valence-corrected chi connectivity index (χ3v) is 4.98. The molecule has 3 heteroatoms. The Labute approximate surface area is 120 Å². The van der Waals surface area contributed by atoms with Crippen molar-refractivity contribution in [3.63, 3.8) is 0 Å². The van der Waals surface area contributed by atoms with Crippen LogP contribution >= 0.6 is 0 Å². The van der Waals surface area contributed by atoms with Crippen molar-refractivity contribution in [2.24, 2.45) is 5.92 Å². The number of benzene rings is 1. The molecule has 2 aliphatic carbocycles. The minimum absolute atomic E-state index is 0.701. The highest BCUT2D eigenvalue weighted by atomic mass is 15.1. The average molecular weight is 269 g/mol. The van der Waals surface area contributed by atoms with Crippen molar-refractivity contribution in [1.29, 1.82) is 0 Å². The zero-order chi connectivity index (χ0) is 13.5. The average Bonchev–Trinajstić information content (AvgIpc) is 3.03. The second-order valence-electron chi connectivity index (χ2n) is 6.58. The van der Waals surface area contributed by atoms with E-state index in [0.29, 0.717) is 5.92 Å². The Bertz CT molecular complexity index is 618. The molecular formula is C17H23N3. The molecule has 4 rings (SSSR count). The van der Waals surface area contributed by atoms with Crippen LogP contribution in [-0.2, 0) is 6.54 Å². The molecule has 20 heavy (non-hydrogen) atoms. The number of hydrogen-bond acceptors (Lipinski definition) is 2. The molecule has 2 aromatic rings. The van der Waals surface area contributed by atoms with Crippen LogP contribution in [0.2, 0.25) is 0 Å². The summed E-state index contributed by atoms with van der Waals surface area (Å²) in [6, 6.07) is 6.18. The summed E-state index contributed by atoms with van der Waals surface area (Å²) >= 11 is 0. The minimum atomic E-state index is 0.701. The van der Waals surface area contributed by atoms with Crippen LogP contribution in [0.5, 0.6) is 0 Å². The lowest BCUT2D eigenvalue weighted by molar-refractivity contribution is 0.456. The molecule has 0 spiro atoms. The second-order valence-corrected chi connectivity index (χ2v) is 6.58. The summed E-state index contributed by atoms with van der Waals surface area (Å²) in [5.41, 5.74) is 9.08. The van der Waals surface area contributed by atoms with E-state index in [0.717, 1.165) is 23.7 Å². The highest BCUT2D eigenvalue weighted by Gasteiger charge is 2.29. The summed E-state index contributed by atoms with van der Waals surface area (Å²) in [6.07, 6.45) is 9.65. The largest absolute Gasteiger partial charge is 0.399 e. The number of rotatable bonds is 4. The third-order valence-electron chi connectivity index (χ3n) is 4.98. The number of nitrogen functional groups attached to an aromatic ring is 1. The van der Waals surface area contributed by atoms with Crippen molar-refractivity contribution in [3.8, 4) is 0 Å². The predicted octanol–water partition coefficient (Wildman–Crippen LogP) is 4.08. The summed E-state index contributed by atoms with van der Waals surface area (Å²) < 4.78 is 2.48. The van der Waals surface area contributed by atoms with Gasteiger partial charge in [-0.2, -0.15) is 0 Å². The molecular weight excluding hydrogens is 246 g/mol. The van der Waals surface area contributed by atoms with Gasteiger partial charge >= 0.3 is 0 Å². The maximum atomic E-state index is 5.90. The number of anilines is 1. The first-order chi connectivity index (χ1) is 9.81. The molecule has 0 unspecified atom stereocenters. The molecule has 0 radical (unpaired) electrons. The summed E-state index contributed by atoms with van der Waals surface area (Å²) in [5, 5.41) is 0. The van der Waals surface area contributed by atoms with E-state index < -0.39 is 0 Å². The fraction of sp³-hybridized carbons (Fsp3) is 0.588. The van der Waals surface area contributed by atoms with Crippen LogP contribution in [0.1, 0.15) is 56.7 Å². The van der Waals surface area contributed by atoms with Crippen molar-refractivity contribution in [3.05, 3.63) is 24.0 Å². The van der Waals surface area contributed by atoms with Gasteiger partial charge in [0.05, 0.1) is 11.0 Å². The first kappa shape index (κ1) is 12.2. The maximum Gasteiger partial charge on any atom is 0.112 e. The number of hydrogen-bond donors (Lipinski definition) is 1. The zero-order valence-corrected chi connectivity index (χ0v) is 12.0. The van der Waals surface area contributed by atoms with Gasteiger partial charge in [-0.05, 0) is 43.4 Å². The molecule has 2 fully saturated rings. The number of nitrogens with zero attached hydrogens (tertiary/aromatic N) is 2. The Hall–Kier alpha value is -1.51. The van der Waals surface area contributed by atoms with E-state index in [1.165, 1.54) is 56.3 Å². The molecule has 0 amide bonds. The SMILES string of the molecule is Nc1ccc2c(c1)nc(C1CC1)n2CCC1CCCC1. The topological polar surface area (TPSA) is 43.8 Å². The van der Waals surface area contributed by atoms with Gasteiger partial charge in [0.25, 0.3) is 0 Å². The molecule has 1 heterocycles. The van der Waals surface area contributed by atoms with Crippen molar-refractivity contribution < 1.29 is 0 Å². The Morgan fingerprint density at radius 2 is 1.95 bits per heavy atom. The van der Waals surface area contributed by atoms with E-state index in [9.17, 15) is 0 Å². The lowest BCUT2D eigenvalue weighted by Crippen LogP contribution is -2.06. The maximum absolute atomic E-state index is 5.90. The van der Waals surface area contributed by atoms with Crippen molar-refractivity contribution in [1.82, 2.24) is 9.55 Å². The lowest BCUT2D eigenvalue weighted by Gasteiger charge is -2.12. The van der Waals surface area contributed by atoms with E-state index in [1.807, 2.05) is 12.1 Å². The van der Waals surface area contributed by atoms with Gasteiger partial charge in [0.2, 0.25) is 0 Å². The van der Waals surface area contributed by atoms with Crippen LogP contribution in [0.4, 0.5) is 5.69 Å². The van der Waals surface area contributed by atoms with E-state index >= 15 is 0 Å². The Balaban J connectivity index is 1.66. The normalized spacial score (nSPS) is 20.0. The summed E-state index contributed by atoms with van der Waals surface area (Å²) in [7, 11) is 0. The van der Waals surface area contributed by atoms with Crippen LogP contribution in [0, 0.1) is 5.92 Å². The van der Waals surface area contributed by atoms with E-state index in [2.05, 4.69) is 10.6 Å². The van der Waals surface area contributed by atoms with Crippen molar-refractivity contribution in [2.45, 2.75) is 57.4 Å². The Morgan fingerprint density at radius 3 is 2.70 bits per heavy atom. The van der Waals surface area contributed by atoms with Crippen LogP contribution < -0.4 is 5.73 Å². The molecule has 106 valence electrons. The minimum Gasteiger partial charge on any atom is -0.399 e.